The molecule has 0 spiro atoms. The molecule has 2 aliphatic heterocycles. The van der Waals surface area contributed by atoms with Gasteiger partial charge in [-0.1, -0.05) is 18.2 Å². The number of amides is 1. The Morgan fingerprint density at radius 1 is 1.11 bits per heavy atom. The summed E-state index contributed by atoms with van der Waals surface area (Å²) >= 11 is 0. The zero-order valence-electron chi connectivity index (χ0n) is 20.0. The first kappa shape index (κ1) is 23.6. The van der Waals surface area contributed by atoms with Gasteiger partial charge in [-0.3, -0.25) is 20.5 Å². The highest BCUT2D eigenvalue weighted by molar-refractivity contribution is 5.84. The molecule has 9 nitrogen and oxygen atoms in total. The van der Waals surface area contributed by atoms with Gasteiger partial charge in [-0.25, -0.2) is 9.97 Å². The van der Waals surface area contributed by atoms with Crippen molar-refractivity contribution in [2.45, 2.75) is 37.9 Å². The average Bonchev–Trinajstić information content (AvgIpc) is 3.44. The van der Waals surface area contributed by atoms with Gasteiger partial charge in [0, 0.05) is 57.2 Å². The molecule has 2 aromatic carbocycles. The number of likely N-dealkylation sites (N-methyl/N-ethyl adjacent to an activating group) is 1. The van der Waals surface area contributed by atoms with Gasteiger partial charge in [-0.15, -0.1) is 0 Å². The Hall–Kier alpha value is -3.11. The SMILES string of the molecule is CN(C(=O)CO)C1CCN(Cc2ccc3cc(Oc4ncc(C5CCNN5)cn4)ccc3c2)CC1. The van der Waals surface area contributed by atoms with E-state index in [1.54, 1.807) is 11.9 Å². The number of nitrogens with one attached hydrogen (secondary N) is 2. The largest absolute Gasteiger partial charge is 0.424 e. The number of ether oxygens (including phenoxy) is 1. The van der Waals surface area contributed by atoms with Crippen LogP contribution < -0.4 is 15.6 Å². The third-order valence-electron chi connectivity index (χ3n) is 7.01. The van der Waals surface area contributed by atoms with Crippen molar-refractivity contribution in [2.24, 2.45) is 0 Å². The summed E-state index contributed by atoms with van der Waals surface area (Å²) in [4.78, 5) is 24.6. The van der Waals surface area contributed by atoms with Crippen LogP contribution in [0.5, 0.6) is 11.8 Å². The molecule has 184 valence electrons. The molecule has 0 bridgehead atoms. The number of nitrogens with zero attached hydrogens (tertiary/aromatic N) is 4. The first-order chi connectivity index (χ1) is 17.1. The molecule has 3 aromatic rings. The molecule has 3 heterocycles. The van der Waals surface area contributed by atoms with Gasteiger partial charge in [0.1, 0.15) is 12.4 Å². The molecule has 2 aliphatic rings. The summed E-state index contributed by atoms with van der Waals surface area (Å²) in [5, 5.41) is 11.4. The van der Waals surface area contributed by atoms with E-state index in [9.17, 15) is 4.79 Å². The van der Waals surface area contributed by atoms with Gasteiger partial charge in [0.25, 0.3) is 0 Å². The minimum absolute atomic E-state index is 0.205. The number of aromatic nitrogens is 2. The number of fused-ring (bicyclic) bond motifs is 1. The van der Waals surface area contributed by atoms with Crippen LogP contribution in [-0.2, 0) is 11.3 Å². The fraction of sp³-hybridized carbons (Fsp3) is 0.423. The Kier molecular flexibility index (Phi) is 7.19. The molecule has 0 radical (unpaired) electrons. The zero-order valence-corrected chi connectivity index (χ0v) is 20.0. The molecule has 2 fully saturated rings. The molecule has 0 saturated carbocycles. The van der Waals surface area contributed by atoms with E-state index in [4.69, 9.17) is 9.84 Å². The maximum Gasteiger partial charge on any atom is 0.321 e. The quantitative estimate of drug-likeness (QED) is 0.478. The van der Waals surface area contributed by atoms with E-state index >= 15 is 0 Å². The minimum atomic E-state index is -0.421. The summed E-state index contributed by atoms with van der Waals surface area (Å²) in [5.41, 5.74) is 8.64. The van der Waals surface area contributed by atoms with Crippen LogP contribution in [0.3, 0.4) is 0 Å². The number of carbonyl (C=O) groups excluding carboxylic acids is 1. The lowest BCUT2D eigenvalue weighted by atomic mass is 10.0. The number of hydrazine groups is 1. The van der Waals surface area contributed by atoms with Crippen molar-refractivity contribution in [3.63, 3.8) is 0 Å². The first-order valence-corrected chi connectivity index (χ1v) is 12.2. The van der Waals surface area contributed by atoms with E-state index in [2.05, 4.69) is 50.0 Å². The highest BCUT2D eigenvalue weighted by Crippen LogP contribution is 2.26. The highest BCUT2D eigenvalue weighted by atomic mass is 16.5. The van der Waals surface area contributed by atoms with Gasteiger partial charge in [-0.05, 0) is 53.8 Å². The molecule has 1 unspecified atom stereocenters. The number of hydrogen-bond acceptors (Lipinski definition) is 8. The predicted molar refractivity (Wildman–Crippen MR) is 133 cm³/mol. The van der Waals surface area contributed by atoms with Gasteiger partial charge in [0.2, 0.25) is 5.91 Å². The first-order valence-electron chi connectivity index (χ1n) is 12.2. The summed E-state index contributed by atoms with van der Waals surface area (Å²) in [6.07, 6.45) is 6.48. The van der Waals surface area contributed by atoms with Crippen molar-refractivity contribution in [3.8, 4) is 11.8 Å². The van der Waals surface area contributed by atoms with Gasteiger partial charge >= 0.3 is 6.01 Å². The molecular formula is C26H32N6O3. The Bertz CT molecular complexity index is 1160. The summed E-state index contributed by atoms with van der Waals surface area (Å²) in [7, 11) is 1.78. The van der Waals surface area contributed by atoms with Crippen LogP contribution in [0.4, 0.5) is 0 Å². The Morgan fingerprint density at radius 3 is 2.57 bits per heavy atom. The van der Waals surface area contributed by atoms with E-state index < -0.39 is 6.61 Å². The second-order valence-corrected chi connectivity index (χ2v) is 9.33. The van der Waals surface area contributed by atoms with Crippen molar-refractivity contribution in [1.82, 2.24) is 30.6 Å². The molecular weight excluding hydrogens is 444 g/mol. The average molecular weight is 477 g/mol. The molecule has 3 N–H and O–H groups in total. The maximum absolute atomic E-state index is 11.7. The summed E-state index contributed by atoms with van der Waals surface area (Å²) < 4.78 is 5.90. The van der Waals surface area contributed by atoms with Crippen molar-refractivity contribution in [2.75, 3.05) is 33.3 Å². The van der Waals surface area contributed by atoms with Crippen molar-refractivity contribution in [1.29, 1.82) is 0 Å². The monoisotopic (exact) mass is 476 g/mol. The lowest BCUT2D eigenvalue weighted by Crippen LogP contribution is -2.46. The number of aliphatic hydroxyl groups excluding tert-OH is 1. The molecule has 1 atom stereocenters. The van der Waals surface area contributed by atoms with Crippen LogP contribution in [0, 0.1) is 0 Å². The fourth-order valence-corrected chi connectivity index (χ4v) is 4.87. The number of hydrogen-bond donors (Lipinski definition) is 3. The van der Waals surface area contributed by atoms with Gasteiger partial charge in [0.15, 0.2) is 0 Å². The number of aliphatic hydroxyl groups is 1. The van der Waals surface area contributed by atoms with E-state index in [-0.39, 0.29) is 18.0 Å². The molecule has 2 saturated heterocycles. The number of rotatable bonds is 7. The van der Waals surface area contributed by atoms with Crippen LogP contribution in [-0.4, -0.2) is 70.1 Å². The second-order valence-electron chi connectivity index (χ2n) is 9.33. The van der Waals surface area contributed by atoms with E-state index in [0.717, 1.165) is 61.8 Å². The Morgan fingerprint density at radius 2 is 1.86 bits per heavy atom. The molecule has 5 rings (SSSR count). The molecule has 1 aromatic heterocycles. The molecule has 9 heteroatoms. The van der Waals surface area contributed by atoms with Crippen LogP contribution >= 0.6 is 0 Å². The van der Waals surface area contributed by atoms with Crippen LogP contribution in [0.25, 0.3) is 10.8 Å². The molecule has 35 heavy (non-hydrogen) atoms. The Labute approximate surface area is 205 Å². The number of likely N-dealkylation sites (tertiary alicyclic amines) is 1. The zero-order chi connectivity index (χ0) is 24.2. The lowest BCUT2D eigenvalue weighted by Gasteiger charge is -2.36. The maximum atomic E-state index is 11.7. The molecule has 1 amide bonds. The molecule has 0 aliphatic carbocycles. The van der Waals surface area contributed by atoms with Crippen LogP contribution in [0.15, 0.2) is 48.8 Å². The van der Waals surface area contributed by atoms with Crippen molar-refractivity contribution in [3.05, 3.63) is 59.9 Å². The summed E-state index contributed by atoms with van der Waals surface area (Å²) in [6.45, 7) is 3.26. The van der Waals surface area contributed by atoms with E-state index in [0.29, 0.717) is 11.8 Å². The summed E-state index contributed by atoms with van der Waals surface area (Å²) in [5.74, 6) is 0.506. The van der Waals surface area contributed by atoms with Gasteiger partial charge in [-0.2, -0.15) is 0 Å². The third-order valence-corrected chi connectivity index (χ3v) is 7.01. The lowest BCUT2D eigenvalue weighted by molar-refractivity contribution is -0.135. The van der Waals surface area contributed by atoms with Gasteiger partial charge in [0.05, 0.1) is 6.04 Å². The summed E-state index contributed by atoms with van der Waals surface area (Å²) in [6, 6.07) is 13.3. The second kappa shape index (κ2) is 10.7. The van der Waals surface area contributed by atoms with Crippen molar-refractivity contribution < 1.29 is 14.6 Å². The van der Waals surface area contributed by atoms with Crippen molar-refractivity contribution >= 4 is 16.7 Å². The van der Waals surface area contributed by atoms with E-state index in [1.807, 2.05) is 24.5 Å². The number of benzene rings is 2. The standard InChI is InChI=1S/C26H32N6O3/c1-31(25(34)17-33)22-7-10-32(11-8-22)16-18-2-3-20-13-23(5-4-19(20)12-18)35-26-27-14-21(15-28-26)24-6-9-29-30-24/h2-5,12-15,22,24,29-30,33H,6-11,16-17H2,1H3. The number of piperidine rings is 1. The van der Waals surface area contributed by atoms with Crippen LogP contribution in [0.2, 0.25) is 0 Å². The van der Waals surface area contributed by atoms with Crippen LogP contribution in [0.1, 0.15) is 36.4 Å². The van der Waals surface area contributed by atoms with Gasteiger partial charge < -0.3 is 14.7 Å². The van der Waals surface area contributed by atoms with E-state index in [1.165, 1.54) is 5.56 Å². The topological polar surface area (TPSA) is 103 Å². The smallest absolute Gasteiger partial charge is 0.321 e. The predicted octanol–water partition coefficient (Wildman–Crippen LogP) is 2.38. The number of carbonyl (C=O) groups is 1. The normalized spacial score (nSPS) is 19.2. The fourth-order valence-electron chi connectivity index (χ4n) is 4.87. The third kappa shape index (κ3) is 5.59. The highest BCUT2D eigenvalue weighted by Gasteiger charge is 2.25. The Balaban J connectivity index is 1.18. The minimum Gasteiger partial charge on any atom is -0.424 e.